The molecule has 1 atom stereocenters. The Hall–Kier alpha value is -4.26. The number of benzene rings is 2. The fourth-order valence-electron chi connectivity index (χ4n) is 5.22. The lowest BCUT2D eigenvalue weighted by Gasteiger charge is -2.30. The molecule has 176 valence electrons. The first-order chi connectivity index (χ1) is 16.8. The van der Waals surface area contributed by atoms with Crippen LogP contribution in [-0.2, 0) is 14.1 Å². The second-order valence-corrected chi connectivity index (χ2v) is 9.34. The lowest BCUT2D eigenvalue weighted by molar-refractivity contribution is 0.469. The van der Waals surface area contributed by atoms with E-state index >= 15 is 0 Å². The molecule has 4 heterocycles. The summed E-state index contributed by atoms with van der Waals surface area (Å²) >= 11 is 0. The van der Waals surface area contributed by atoms with Crippen LogP contribution in [0.1, 0.15) is 34.4 Å². The lowest BCUT2D eigenvalue weighted by Crippen LogP contribution is -2.37. The molecule has 1 N–H and O–H groups in total. The number of aryl methyl sites for hydroxylation is 4. The number of fused-ring (bicyclic) bond motifs is 5. The molecule has 0 radical (unpaired) electrons. The minimum Gasteiger partial charge on any atom is -0.464 e. The Bertz CT molecular complexity index is 1770. The van der Waals surface area contributed by atoms with Crippen LogP contribution in [-0.4, -0.2) is 13.7 Å². The van der Waals surface area contributed by atoms with Crippen molar-refractivity contribution in [2.24, 2.45) is 14.1 Å². The topological polar surface area (TPSA) is 74.1 Å². The first-order valence-corrected chi connectivity index (χ1v) is 11.6. The Kier molecular flexibility index (Phi) is 4.48. The number of hydrogen-bond acceptors (Lipinski definition) is 4. The van der Waals surface area contributed by atoms with Gasteiger partial charge in [-0.25, -0.2) is 4.79 Å². The molecule has 0 spiro atoms. The molecule has 35 heavy (non-hydrogen) atoms. The van der Waals surface area contributed by atoms with Crippen molar-refractivity contribution in [3.05, 3.63) is 104 Å². The van der Waals surface area contributed by atoms with E-state index in [1.807, 2.05) is 49.4 Å². The van der Waals surface area contributed by atoms with Gasteiger partial charge in [0.15, 0.2) is 0 Å². The zero-order valence-electron chi connectivity index (χ0n) is 20.3. The fraction of sp³-hybridized carbons (Fsp3) is 0.214. The maximum atomic E-state index is 13.7. The van der Waals surface area contributed by atoms with Crippen molar-refractivity contribution in [2.45, 2.75) is 26.8 Å². The van der Waals surface area contributed by atoms with Crippen LogP contribution in [0, 0.1) is 20.8 Å². The van der Waals surface area contributed by atoms with E-state index in [0.717, 1.165) is 51.0 Å². The molecule has 0 fully saturated rings. The summed E-state index contributed by atoms with van der Waals surface area (Å²) in [6.07, 6.45) is 0. The highest BCUT2D eigenvalue weighted by Crippen LogP contribution is 2.46. The van der Waals surface area contributed by atoms with Crippen molar-refractivity contribution >= 4 is 16.6 Å². The van der Waals surface area contributed by atoms with Gasteiger partial charge in [-0.1, -0.05) is 30.3 Å². The fourth-order valence-corrected chi connectivity index (χ4v) is 5.22. The monoisotopic (exact) mass is 466 g/mol. The Labute approximate surface area is 201 Å². The maximum absolute atomic E-state index is 13.7. The van der Waals surface area contributed by atoms with Crippen molar-refractivity contribution < 1.29 is 4.42 Å². The van der Waals surface area contributed by atoms with Crippen LogP contribution in [0.15, 0.2) is 68.6 Å². The van der Waals surface area contributed by atoms with Gasteiger partial charge in [-0.05, 0) is 61.7 Å². The third kappa shape index (κ3) is 2.91. The van der Waals surface area contributed by atoms with Crippen LogP contribution in [0.4, 0.5) is 5.69 Å². The standard InChI is InChI=1S/C28H26N4O3/c1-15-13-19-20(14-16(15)2)32-24(18-9-7-6-8-10-18)22-25(30(4)28(34)31(5)27(22)33)26(32)23(29-19)21-12-11-17(3)35-21/h6-14,23,29H,1-5H3. The second kappa shape index (κ2) is 7.37. The van der Waals surface area contributed by atoms with E-state index in [4.69, 9.17) is 4.42 Å². The van der Waals surface area contributed by atoms with Gasteiger partial charge in [-0.3, -0.25) is 13.9 Å². The van der Waals surface area contributed by atoms with Crippen molar-refractivity contribution in [3.8, 4) is 16.9 Å². The van der Waals surface area contributed by atoms with E-state index in [9.17, 15) is 9.59 Å². The van der Waals surface area contributed by atoms with Gasteiger partial charge in [0.1, 0.15) is 17.6 Å². The van der Waals surface area contributed by atoms with E-state index in [1.54, 1.807) is 11.6 Å². The van der Waals surface area contributed by atoms with E-state index in [1.165, 1.54) is 11.6 Å². The summed E-state index contributed by atoms with van der Waals surface area (Å²) in [5, 5.41) is 4.16. The van der Waals surface area contributed by atoms with Crippen molar-refractivity contribution in [3.63, 3.8) is 0 Å². The zero-order valence-corrected chi connectivity index (χ0v) is 20.3. The van der Waals surface area contributed by atoms with Crippen LogP contribution >= 0.6 is 0 Å². The predicted octanol–water partition coefficient (Wildman–Crippen LogP) is 4.73. The number of anilines is 1. The molecule has 1 aliphatic rings. The Morgan fingerprint density at radius 3 is 2.29 bits per heavy atom. The largest absolute Gasteiger partial charge is 0.464 e. The highest BCUT2D eigenvalue weighted by Gasteiger charge is 2.36. The van der Waals surface area contributed by atoms with Crippen LogP contribution in [0.25, 0.3) is 27.8 Å². The van der Waals surface area contributed by atoms with E-state index in [2.05, 4.69) is 35.9 Å². The number of furan rings is 1. The number of rotatable bonds is 2. The molecule has 0 aliphatic carbocycles. The molecule has 5 aromatic rings. The van der Waals surface area contributed by atoms with Gasteiger partial charge >= 0.3 is 5.69 Å². The van der Waals surface area contributed by atoms with Crippen molar-refractivity contribution in [1.82, 2.24) is 13.7 Å². The van der Waals surface area contributed by atoms with Gasteiger partial charge in [0.2, 0.25) is 0 Å². The summed E-state index contributed by atoms with van der Waals surface area (Å²) in [7, 11) is 3.25. The molecule has 1 aliphatic heterocycles. The summed E-state index contributed by atoms with van der Waals surface area (Å²) in [5.74, 6) is 1.52. The van der Waals surface area contributed by atoms with Crippen LogP contribution in [0.3, 0.4) is 0 Å². The Balaban J connectivity index is 1.89. The van der Waals surface area contributed by atoms with Crippen molar-refractivity contribution in [1.29, 1.82) is 0 Å². The van der Waals surface area contributed by atoms with E-state index < -0.39 is 6.04 Å². The Morgan fingerprint density at radius 1 is 0.886 bits per heavy atom. The third-order valence-corrected chi connectivity index (χ3v) is 7.13. The molecule has 7 heteroatoms. The number of nitrogens with one attached hydrogen (secondary N) is 1. The van der Waals surface area contributed by atoms with Crippen LogP contribution < -0.4 is 16.6 Å². The number of nitrogens with zero attached hydrogens (tertiary/aromatic N) is 3. The molecule has 1 unspecified atom stereocenters. The number of hydrogen-bond donors (Lipinski definition) is 1. The Morgan fingerprint density at radius 2 is 1.60 bits per heavy atom. The smallest absolute Gasteiger partial charge is 0.331 e. The van der Waals surface area contributed by atoms with E-state index in [-0.39, 0.29) is 11.2 Å². The first-order valence-electron chi connectivity index (χ1n) is 11.6. The third-order valence-electron chi connectivity index (χ3n) is 7.13. The normalized spacial score (nSPS) is 14.6. The predicted molar refractivity (Wildman–Crippen MR) is 138 cm³/mol. The molecular weight excluding hydrogens is 440 g/mol. The maximum Gasteiger partial charge on any atom is 0.331 e. The van der Waals surface area contributed by atoms with Gasteiger partial charge in [-0.15, -0.1) is 0 Å². The zero-order chi connectivity index (χ0) is 24.6. The van der Waals surface area contributed by atoms with E-state index in [0.29, 0.717) is 10.9 Å². The van der Waals surface area contributed by atoms with Gasteiger partial charge < -0.3 is 14.3 Å². The van der Waals surface area contributed by atoms with Crippen molar-refractivity contribution in [2.75, 3.05) is 5.32 Å². The summed E-state index contributed by atoms with van der Waals surface area (Å²) in [4.78, 5) is 26.8. The molecule has 2 aromatic carbocycles. The molecule has 0 bridgehead atoms. The lowest BCUT2D eigenvalue weighted by atomic mass is 10.0. The summed E-state index contributed by atoms with van der Waals surface area (Å²) in [6.45, 7) is 6.08. The minimum absolute atomic E-state index is 0.316. The van der Waals surface area contributed by atoms with Crippen LogP contribution in [0.2, 0.25) is 0 Å². The molecule has 0 amide bonds. The molecule has 0 saturated carbocycles. The SMILES string of the molecule is Cc1ccc(C2Nc3cc(C)c(C)cc3-n3c(-c4ccccc4)c4c(=O)n(C)c(=O)n(C)c4c32)o1. The van der Waals surface area contributed by atoms with Crippen LogP contribution in [0.5, 0.6) is 0 Å². The molecule has 0 saturated heterocycles. The summed E-state index contributed by atoms with van der Waals surface area (Å²) in [6, 6.07) is 17.6. The van der Waals surface area contributed by atoms with Gasteiger partial charge in [0.05, 0.1) is 33.7 Å². The molecule has 6 rings (SSSR count). The average molecular weight is 467 g/mol. The minimum atomic E-state index is -0.393. The van der Waals surface area contributed by atoms with Gasteiger partial charge in [0.25, 0.3) is 5.56 Å². The summed E-state index contributed by atoms with van der Waals surface area (Å²) in [5.41, 5.74) is 6.59. The first kappa shape index (κ1) is 21.3. The molecule has 3 aromatic heterocycles. The van der Waals surface area contributed by atoms with Gasteiger partial charge in [-0.2, -0.15) is 0 Å². The molecular formula is C28H26N4O3. The quantitative estimate of drug-likeness (QED) is 0.408. The van der Waals surface area contributed by atoms with Gasteiger partial charge in [0, 0.05) is 14.1 Å². The highest BCUT2D eigenvalue weighted by atomic mass is 16.3. The summed E-state index contributed by atoms with van der Waals surface area (Å²) < 4.78 is 11.0. The second-order valence-electron chi connectivity index (χ2n) is 9.34. The molecule has 7 nitrogen and oxygen atoms in total. The number of aromatic nitrogens is 3. The average Bonchev–Trinajstić information content (AvgIpc) is 3.44. The highest BCUT2D eigenvalue weighted by molar-refractivity contribution is 5.99.